The lowest BCUT2D eigenvalue weighted by Gasteiger charge is -2.53. The molecule has 0 aliphatic carbocycles. The van der Waals surface area contributed by atoms with Crippen LogP contribution in [-0.4, -0.2) is 35.7 Å². The predicted octanol–water partition coefficient (Wildman–Crippen LogP) is 4.86. The third kappa shape index (κ3) is 4.33. The van der Waals surface area contributed by atoms with Crippen LogP contribution in [0.3, 0.4) is 0 Å². The fraction of sp³-hybridized carbons (Fsp3) is 0.500. The Kier molecular flexibility index (Phi) is 5.66. The van der Waals surface area contributed by atoms with Gasteiger partial charge in [0.2, 0.25) is 0 Å². The molecule has 0 N–H and O–H groups in total. The molecule has 2 aliphatic heterocycles. The molecule has 1 aromatic carbocycles. The summed E-state index contributed by atoms with van der Waals surface area (Å²) in [5, 5.41) is 9.77. The first kappa shape index (κ1) is 20.3. The van der Waals surface area contributed by atoms with Crippen LogP contribution in [0.4, 0.5) is 0 Å². The van der Waals surface area contributed by atoms with E-state index in [2.05, 4.69) is 41.9 Å². The molecule has 1 aromatic heterocycles. The SMILES string of the molecule is CC1(C)COC1[C@]1(CCc2ccc(C#N)cn2)CCN(Cc2ccc(Cl)cc2)C1. The zero-order valence-corrected chi connectivity index (χ0v) is 18.0. The highest BCUT2D eigenvalue weighted by Gasteiger charge is 2.55. The largest absolute Gasteiger partial charge is 0.376 e. The van der Waals surface area contributed by atoms with Crippen molar-refractivity contribution in [2.75, 3.05) is 19.7 Å². The highest BCUT2D eigenvalue weighted by Crippen LogP contribution is 2.51. The van der Waals surface area contributed by atoms with Gasteiger partial charge >= 0.3 is 0 Å². The topological polar surface area (TPSA) is 49.1 Å². The van der Waals surface area contributed by atoms with Crippen molar-refractivity contribution in [2.45, 2.75) is 45.8 Å². The molecule has 0 bridgehead atoms. The second-order valence-corrected chi connectivity index (χ2v) is 9.72. The molecule has 0 spiro atoms. The van der Waals surface area contributed by atoms with Crippen molar-refractivity contribution >= 4 is 11.6 Å². The standard InChI is InChI=1S/C24H28ClN3O/c1-23(2)17-29-22(23)24(10-9-21-8-5-19(13-26)14-27-21)11-12-28(16-24)15-18-3-6-20(25)7-4-18/h3-8,14,22H,9-12,15-17H2,1-2H3/t22?,24-/m1/s1. The van der Waals surface area contributed by atoms with E-state index in [-0.39, 0.29) is 16.9 Å². The van der Waals surface area contributed by atoms with E-state index in [0.29, 0.717) is 5.56 Å². The first-order chi connectivity index (χ1) is 13.9. The minimum atomic E-state index is 0.143. The average molecular weight is 410 g/mol. The summed E-state index contributed by atoms with van der Waals surface area (Å²) in [6.45, 7) is 8.56. The van der Waals surface area contributed by atoms with E-state index in [1.165, 1.54) is 5.56 Å². The molecular formula is C24H28ClN3O. The van der Waals surface area contributed by atoms with Crippen molar-refractivity contribution in [3.63, 3.8) is 0 Å². The number of hydrogen-bond donors (Lipinski definition) is 0. The van der Waals surface area contributed by atoms with Crippen molar-refractivity contribution in [3.05, 3.63) is 64.4 Å². The Morgan fingerprint density at radius 3 is 2.62 bits per heavy atom. The first-order valence-corrected chi connectivity index (χ1v) is 10.7. The molecule has 2 aliphatic rings. The van der Waals surface area contributed by atoms with Crippen LogP contribution in [0.15, 0.2) is 42.6 Å². The van der Waals surface area contributed by atoms with Gasteiger partial charge in [0, 0.05) is 40.8 Å². The second-order valence-electron chi connectivity index (χ2n) is 9.28. The van der Waals surface area contributed by atoms with Crippen LogP contribution in [0.2, 0.25) is 5.02 Å². The van der Waals surface area contributed by atoms with Gasteiger partial charge in [-0.2, -0.15) is 5.26 Å². The highest BCUT2D eigenvalue weighted by atomic mass is 35.5. The summed E-state index contributed by atoms with van der Waals surface area (Å²) >= 11 is 6.04. The van der Waals surface area contributed by atoms with E-state index in [9.17, 15) is 0 Å². The zero-order chi connectivity index (χ0) is 20.5. The van der Waals surface area contributed by atoms with E-state index in [1.54, 1.807) is 6.20 Å². The summed E-state index contributed by atoms with van der Waals surface area (Å²) in [6.07, 6.45) is 5.06. The van der Waals surface area contributed by atoms with Crippen molar-refractivity contribution < 1.29 is 4.74 Å². The van der Waals surface area contributed by atoms with Crippen LogP contribution in [0.5, 0.6) is 0 Å². The van der Waals surface area contributed by atoms with Gasteiger partial charge in [-0.3, -0.25) is 9.88 Å². The van der Waals surface area contributed by atoms with Crippen LogP contribution >= 0.6 is 11.6 Å². The van der Waals surface area contributed by atoms with Crippen LogP contribution in [0.25, 0.3) is 0 Å². The fourth-order valence-electron chi connectivity index (χ4n) is 5.04. The molecule has 0 radical (unpaired) electrons. The number of aryl methyl sites for hydroxylation is 1. The third-order valence-electron chi connectivity index (χ3n) is 6.50. The Bertz CT molecular complexity index is 888. The number of benzene rings is 1. The number of ether oxygens (including phenoxy) is 1. The van der Waals surface area contributed by atoms with E-state index < -0.39 is 0 Å². The maximum atomic E-state index is 8.99. The molecule has 3 heterocycles. The van der Waals surface area contributed by atoms with Gasteiger partial charge in [-0.05, 0) is 55.6 Å². The van der Waals surface area contributed by atoms with Gasteiger partial charge in [0.25, 0.3) is 0 Å². The highest BCUT2D eigenvalue weighted by molar-refractivity contribution is 6.30. The van der Waals surface area contributed by atoms with Gasteiger partial charge in [0.1, 0.15) is 6.07 Å². The molecule has 5 heteroatoms. The van der Waals surface area contributed by atoms with Gasteiger partial charge in [0.15, 0.2) is 0 Å². The van der Waals surface area contributed by atoms with Gasteiger partial charge < -0.3 is 4.74 Å². The molecule has 2 aromatic rings. The molecule has 152 valence electrons. The van der Waals surface area contributed by atoms with Crippen LogP contribution in [-0.2, 0) is 17.7 Å². The second kappa shape index (κ2) is 8.07. The average Bonchev–Trinajstić information content (AvgIpc) is 3.11. The molecular weight excluding hydrogens is 382 g/mol. The number of hydrogen-bond acceptors (Lipinski definition) is 4. The minimum absolute atomic E-state index is 0.143. The number of likely N-dealkylation sites (tertiary alicyclic amines) is 1. The maximum Gasteiger partial charge on any atom is 0.101 e. The maximum absolute atomic E-state index is 8.99. The van der Waals surface area contributed by atoms with Gasteiger partial charge in [-0.15, -0.1) is 0 Å². The molecule has 4 nitrogen and oxygen atoms in total. The fourth-order valence-corrected chi connectivity index (χ4v) is 5.16. The normalized spacial score (nSPS) is 26.1. The molecule has 2 atom stereocenters. The minimum Gasteiger partial charge on any atom is -0.376 e. The Balaban J connectivity index is 1.48. The van der Waals surface area contributed by atoms with Crippen molar-refractivity contribution in [3.8, 4) is 6.07 Å². The lowest BCUT2D eigenvalue weighted by molar-refractivity contribution is -0.223. The number of pyridine rings is 1. The van der Waals surface area contributed by atoms with Crippen LogP contribution in [0, 0.1) is 22.2 Å². The summed E-state index contributed by atoms with van der Waals surface area (Å²) in [5.74, 6) is 0. The van der Waals surface area contributed by atoms with Crippen molar-refractivity contribution in [1.29, 1.82) is 5.26 Å². The van der Waals surface area contributed by atoms with E-state index in [1.807, 2.05) is 24.3 Å². The van der Waals surface area contributed by atoms with Crippen LogP contribution in [0.1, 0.15) is 43.5 Å². The van der Waals surface area contributed by atoms with Crippen molar-refractivity contribution in [1.82, 2.24) is 9.88 Å². The zero-order valence-electron chi connectivity index (χ0n) is 17.2. The Morgan fingerprint density at radius 2 is 2.03 bits per heavy atom. The third-order valence-corrected chi connectivity index (χ3v) is 6.76. The summed E-state index contributed by atoms with van der Waals surface area (Å²) in [6, 6.07) is 14.2. The van der Waals surface area contributed by atoms with E-state index >= 15 is 0 Å². The summed E-state index contributed by atoms with van der Waals surface area (Å²) in [4.78, 5) is 7.04. The smallest absolute Gasteiger partial charge is 0.101 e. The van der Waals surface area contributed by atoms with Gasteiger partial charge in [-0.25, -0.2) is 0 Å². The Morgan fingerprint density at radius 1 is 1.24 bits per heavy atom. The monoisotopic (exact) mass is 409 g/mol. The molecule has 2 fully saturated rings. The lowest BCUT2D eigenvalue weighted by atomic mass is 9.64. The predicted molar refractivity (Wildman–Crippen MR) is 115 cm³/mol. The molecule has 29 heavy (non-hydrogen) atoms. The van der Waals surface area contributed by atoms with Gasteiger partial charge in [-0.1, -0.05) is 37.6 Å². The van der Waals surface area contributed by atoms with E-state index in [0.717, 1.165) is 56.2 Å². The Labute approximate surface area is 178 Å². The van der Waals surface area contributed by atoms with E-state index in [4.69, 9.17) is 21.6 Å². The molecule has 0 saturated carbocycles. The van der Waals surface area contributed by atoms with Crippen LogP contribution < -0.4 is 0 Å². The van der Waals surface area contributed by atoms with Crippen molar-refractivity contribution in [2.24, 2.45) is 10.8 Å². The summed E-state index contributed by atoms with van der Waals surface area (Å²) in [5.41, 5.74) is 3.32. The quantitative estimate of drug-likeness (QED) is 0.683. The number of nitrogens with zero attached hydrogens (tertiary/aromatic N) is 3. The molecule has 0 amide bonds. The summed E-state index contributed by atoms with van der Waals surface area (Å²) < 4.78 is 6.16. The molecule has 1 unspecified atom stereocenters. The number of rotatable bonds is 6. The number of nitriles is 1. The Hall–Kier alpha value is -1.93. The molecule has 4 rings (SSSR count). The first-order valence-electron chi connectivity index (χ1n) is 10.3. The van der Waals surface area contributed by atoms with Gasteiger partial charge in [0.05, 0.1) is 18.3 Å². The number of aromatic nitrogens is 1. The molecule has 2 saturated heterocycles. The lowest BCUT2D eigenvalue weighted by Crippen LogP contribution is -2.58. The summed E-state index contributed by atoms with van der Waals surface area (Å²) in [7, 11) is 0. The number of halogens is 1.